The van der Waals surface area contributed by atoms with Crippen LogP contribution in [0.2, 0.25) is 0 Å². The van der Waals surface area contributed by atoms with Crippen molar-refractivity contribution in [1.29, 1.82) is 0 Å². The lowest BCUT2D eigenvalue weighted by Crippen LogP contribution is -2.10. The first-order valence-electron chi connectivity index (χ1n) is 5.54. The van der Waals surface area contributed by atoms with Crippen molar-refractivity contribution in [2.45, 2.75) is 6.92 Å². The van der Waals surface area contributed by atoms with Gasteiger partial charge in [0.25, 0.3) is 0 Å². The monoisotopic (exact) mass is 323 g/mol. The van der Waals surface area contributed by atoms with Crippen molar-refractivity contribution in [3.05, 3.63) is 34.6 Å². The third-order valence-electron chi connectivity index (χ3n) is 2.61. The van der Waals surface area contributed by atoms with Crippen LogP contribution in [-0.2, 0) is 0 Å². The lowest BCUT2D eigenvalue weighted by Gasteiger charge is -2.12. The molecule has 1 aromatic heterocycles. The Morgan fingerprint density at radius 3 is 2.63 bits per heavy atom. The molecule has 6 nitrogen and oxygen atoms in total. The highest BCUT2D eigenvalue weighted by atomic mass is 79.9. The first-order chi connectivity index (χ1) is 9.15. The molecule has 2 aromatic rings. The summed E-state index contributed by atoms with van der Waals surface area (Å²) >= 11 is 3.40. The van der Waals surface area contributed by atoms with E-state index in [2.05, 4.69) is 36.6 Å². The number of ether oxygens (including phenoxy) is 1. The van der Waals surface area contributed by atoms with Gasteiger partial charge in [0.1, 0.15) is 22.4 Å². The molecule has 0 fully saturated rings. The molecular weight excluding hydrogens is 310 g/mol. The number of benzene rings is 1. The van der Waals surface area contributed by atoms with Gasteiger partial charge in [-0.15, -0.1) is 0 Å². The van der Waals surface area contributed by atoms with Crippen molar-refractivity contribution in [2.75, 3.05) is 17.9 Å². The van der Waals surface area contributed by atoms with E-state index >= 15 is 0 Å². The number of anilines is 3. The van der Waals surface area contributed by atoms with Gasteiger partial charge in [-0.05, 0) is 46.6 Å². The van der Waals surface area contributed by atoms with Gasteiger partial charge >= 0.3 is 0 Å². The number of aryl methyl sites for hydroxylation is 1. The number of hydrogen-bond donors (Lipinski definition) is 3. The highest BCUT2D eigenvalue weighted by molar-refractivity contribution is 9.10. The van der Waals surface area contributed by atoms with Crippen molar-refractivity contribution >= 4 is 33.3 Å². The second-order valence-electron chi connectivity index (χ2n) is 3.84. The van der Waals surface area contributed by atoms with Gasteiger partial charge in [-0.3, -0.25) is 0 Å². The smallest absolute Gasteiger partial charge is 0.159 e. The lowest BCUT2D eigenvalue weighted by molar-refractivity contribution is 0.414. The Balaban J connectivity index is 2.31. The minimum absolute atomic E-state index is 0.517. The minimum Gasteiger partial charge on any atom is -0.497 e. The van der Waals surface area contributed by atoms with Gasteiger partial charge in [0.2, 0.25) is 0 Å². The van der Waals surface area contributed by atoms with Gasteiger partial charge < -0.3 is 15.5 Å². The molecule has 0 atom stereocenters. The van der Waals surface area contributed by atoms with Crippen molar-refractivity contribution < 1.29 is 4.74 Å². The summed E-state index contributed by atoms with van der Waals surface area (Å²) in [5, 5.41) is 3.22. The van der Waals surface area contributed by atoms with Crippen molar-refractivity contribution in [3.63, 3.8) is 0 Å². The normalized spacial score (nSPS) is 10.1. The zero-order valence-electron chi connectivity index (χ0n) is 10.6. The Hall–Kier alpha value is -1.86. The molecule has 19 heavy (non-hydrogen) atoms. The Morgan fingerprint density at radius 2 is 2.00 bits per heavy atom. The zero-order valence-corrected chi connectivity index (χ0v) is 12.2. The molecule has 0 saturated heterocycles. The molecular formula is C12H14BrN5O. The van der Waals surface area contributed by atoms with E-state index in [0.717, 1.165) is 17.0 Å². The molecule has 0 spiro atoms. The van der Waals surface area contributed by atoms with Gasteiger partial charge in [-0.25, -0.2) is 15.8 Å². The Bertz CT molecular complexity index is 590. The first kappa shape index (κ1) is 13.6. The maximum absolute atomic E-state index is 5.37. The van der Waals surface area contributed by atoms with E-state index in [1.165, 1.54) is 6.33 Å². The molecule has 4 N–H and O–H groups in total. The number of aromatic nitrogens is 2. The highest BCUT2D eigenvalue weighted by Crippen LogP contribution is 2.30. The van der Waals surface area contributed by atoms with Crippen molar-refractivity contribution in [2.24, 2.45) is 5.84 Å². The van der Waals surface area contributed by atoms with Crippen molar-refractivity contribution in [3.8, 4) is 5.75 Å². The molecule has 2 rings (SSSR count). The lowest BCUT2D eigenvalue weighted by atomic mass is 10.2. The number of nitrogens with zero attached hydrogens (tertiary/aromatic N) is 2. The van der Waals surface area contributed by atoms with Crippen LogP contribution in [0.4, 0.5) is 17.3 Å². The van der Waals surface area contributed by atoms with E-state index < -0.39 is 0 Å². The maximum Gasteiger partial charge on any atom is 0.159 e. The fourth-order valence-corrected chi connectivity index (χ4v) is 2.01. The number of methoxy groups -OCH3 is 1. The minimum atomic E-state index is 0.517. The van der Waals surface area contributed by atoms with Gasteiger partial charge in [-0.2, -0.15) is 0 Å². The Kier molecular flexibility index (Phi) is 4.18. The van der Waals surface area contributed by atoms with Crippen LogP contribution < -0.4 is 21.3 Å². The number of halogens is 1. The molecule has 100 valence electrons. The van der Waals surface area contributed by atoms with E-state index in [-0.39, 0.29) is 0 Å². The summed E-state index contributed by atoms with van der Waals surface area (Å²) in [7, 11) is 1.64. The predicted octanol–water partition coefficient (Wildman–Crippen LogP) is 2.59. The van der Waals surface area contributed by atoms with Gasteiger partial charge in [0, 0.05) is 5.69 Å². The summed E-state index contributed by atoms with van der Waals surface area (Å²) in [6, 6.07) is 5.75. The van der Waals surface area contributed by atoms with Crippen LogP contribution in [0.1, 0.15) is 5.56 Å². The van der Waals surface area contributed by atoms with E-state index in [4.69, 9.17) is 10.6 Å². The average Bonchev–Trinajstić information content (AvgIpc) is 2.43. The molecule has 7 heteroatoms. The molecule has 1 heterocycles. The predicted molar refractivity (Wildman–Crippen MR) is 78.6 cm³/mol. The second-order valence-corrected chi connectivity index (χ2v) is 4.63. The van der Waals surface area contributed by atoms with E-state index in [1.807, 2.05) is 25.1 Å². The number of rotatable bonds is 4. The van der Waals surface area contributed by atoms with Crippen LogP contribution in [0.25, 0.3) is 0 Å². The topological polar surface area (TPSA) is 85.1 Å². The number of hydrazine groups is 1. The standard InChI is InChI=1S/C12H14BrN5O/c1-7-5-8(19-2)3-4-9(7)17-11-10(13)12(18-14)16-6-15-11/h3-6H,14H2,1-2H3,(H2,15,16,17,18). The van der Waals surface area contributed by atoms with Gasteiger partial charge in [-0.1, -0.05) is 0 Å². The maximum atomic E-state index is 5.37. The van der Waals surface area contributed by atoms with Gasteiger partial charge in [0.05, 0.1) is 7.11 Å². The summed E-state index contributed by atoms with van der Waals surface area (Å²) in [6.07, 6.45) is 1.43. The molecule has 0 aliphatic heterocycles. The third-order valence-corrected chi connectivity index (χ3v) is 3.36. The van der Waals surface area contributed by atoms with Crippen LogP contribution in [-0.4, -0.2) is 17.1 Å². The third kappa shape index (κ3) is 2.94. The molecule has 0 amide bonds. The molecule has 0 bridgehead atoms. The number of nitrogens with one attached hydrogen (secondary N) is 2. The molecule has 1 aromatic carbocycles. The second kappa shape index (κ2) is 5.85. The van der Waals surface area contributed by atoms with Crippen molar-refractivity contribution in [1.82, 2.24) is 9.97 Å². The average molecular weight is 324 g/mol. The number of hydrogen-bond acceptors (Lipinski definition) is 6. The molecule has 0 unspecified atom stereocenters. The van der Waals surface area contributed by atoms with Gasteiger partial charge in [0.15, 0.2) is 5.82 Å². The van der Waals surface area contributed by atoms with Crippen LogP contribution in [0.3, 0.4) is 0 Å². The Morgan fingerprint density at radius 1 is 1.26 bits per heavy atom. The fraction of sp³-hybridized carbons (Fsp3) is 0.167. The van der Waals surface area contributed by atoms with Crippen LogP contribution in [0.5, 0.6) is 5.75 Å². The molecule has 0 radical (unpaired) electrons. The van der Waals surface area contributed by atoms with Crippen LogP contribution in [0.15, 0.2) is 29.0 Å². The molecule has 0 aliphatic rings. The Labute approximate surface area is 119 Å². The first-order valence-corrected chi connectivity index (χ1v) is 6.33. The summed E-state index contributed by atoms with van der Waals surface area (Å²) in [5.74, 6) is 7.33. The van der Waals surface area contributed by atoms with E-state index in [9.17, 15) is 0 Å². The quantitative estimate of drug-likeness (QED) is 0.592. The zero-order chi connectivity index (χ0) is 13.8. The number of nitrogens with two attached hydrogens (primary N) is 1. The fourth-order valence-electron chi connectivity index (χ4n) is 1.59. The number of nitrogen functional groups attached to an aromatic ring is 1. The summed E-state index contributed by atoms with van der Waals surface area (Å²) in [6.45, 7) is 1.99. The summed E-state index contributed by atoms with van der Waals surface area (Å²) in [4.78, 5) is 8.16. The highest BCUT2D eigenvalue weighted by Gasteiger charge is 2.09. The van der Waals surface area contributed by atoms with Crippen LogP contribution in [0, 0.1) is 6.92 Å². The van der Waals surface area contributed by atoms with E-state index in [1.54, 1.807) is 7.11 Å². The van der Waals surface area contributed by atoms with E-state index in [0.29, 0.717) is 16.1 Å². The summed E-state index contributed by atoms with van der Waals surface area (Å²) in [5.41, 5.74) is 4.48. The SMILES string of the molecule is COc1ccc(Nc2ncnc(NN)c2Br)c(C)c1. The molecule has 0 aliphatic carbocycles. The van der Waals surface area contributed by atoms with Crippen LogP contribution >= 0.6 is 15.9 Å². The molecule has 0 saturated carbocycles. The largest absolute Gasteiger partial charge is 0.497 e. The summed E-state index contributed by atoms with van der Waals surface area (Å²) < 4.78 is 5.85.